The highest BCUT2D eigenvalue weighted by atomic mass is 16.2. The van der Waals surface area contributed by atoms with E-state index in [0.717, 1.165) is 9.80 Å². The highest BCUT2D eigenvalue weighted by molar-refractivity contribution is 6.28. The predicted molar refractivity (Wildman–Crippen MR) is 78.2 cm³/mol. The van der Waals surface area contributed by atoms with Crippen molar-refractivity contribution in [2.24, 2.45) is 10.9 Å². The van der Waals surface area contributed by atoms with Crippen LogP contribution < -0.4 is 0 Å². The van der Waals surface area contributed by atoms with E-state index in [2.05, 4.69) is 4.99 Å². The van der Waals surface area contributed by atoms with Crippen LogP contribution in [0.15, 0.2) is 35.3 Å². The summed E-state index contributed by atoms with van der Waals surface area (Å²) in [4.78, 5) is 42.7. The first-order valence-corrected chi connectivity index (χ1v) is 6.56. The summed E-state index contributed by atoms with van der Waals surface area (Å²) < 4.78 is 0. The molecular weight excluding hydrogens is 284 g/mol. The number of nitrogens with zero attached hydrogens (tertiary/aromatic N) is 4. The molecule has 1 saturated heterocycles. The molecule has 0 radical (unpaired) electrons. The molecule has 0 aliphatic carbocycles. The van der Waals surface area contributed by atoms with Crippen LogP contribution in [0.3, 0.4) is 0 Å². The number of ketones is 1. The van der Waals surface area contributed by atoms with Gasteiger partial charge in [-0.15, -0.1) is 0 Å². The molecule has 3 amide bonds. The number of carbonyl (C=O) groups excluding carboxylic acids is 3. The Hall–Kier alpha value is -3.01. The Morgan fingerprint density at radius 2 is 1.86 bits per heavy atom. The Labute approximate surface area is 127 Å². The molecule has 1 aromatic carbocycles. The molecular formula is C15H14N4O3. The third kappa shape index (κ3) is 2.72. The molecule has 112 valence electrons. The maximum absolute atomic E-state index is 12.3. The second-order valence-corrected chi connectivity index (χ2v) is 4.78. The molecule has 0 aromatic heterocycles. The molecule has 22 heavy (non-hydrogen) atoms. The van der Waals surface area contributed by atoms with Crippen molar-refractivity contribution in [3.05, 3.63) is 30.3 Å². The van der Waals surface area contributed by atoms with E-state index in [-0.39, 0.29) is 5.84 Å². The minimum Gasteiger partial charge on any atom is -0.297 e. The molecule has 0 spiro atoms. The zero-order valence-electron chi connectivity index (χ0n) is 12.2. The first kappa shape index (κ1) is 15.4. The molecule has 1 unspecified atom stereocenters. The smallest absolute Gasteiger partial charge is 0.297 e. The van der Waals surface area contributed by atoms with Crippen molar-refractivity contribution in [2.45, 2.75) is 6.42 Å². The van der Waals surface area contributed by atoms with Gasteiger partial charge in [0.1, 0.15) is 5.84 Å². The van der Waals surface area contributed by atoms with Gasteiger partial charge in [-0.2, -0.15) is 5.26 Å². The number of urea groups is 1. The van der Waals surface area contributed by atoms with Crippen molar-refractivity contribution >= 4 is 29.2 Å². The summed E-state index contributed by atoms with van der Waals surface area (Å²) in [6, 6.07) is 9.86. The molecule has 7 nitrogen and oxygen atoms in total. The molecule has 7 heteroatoms. The number of Topliss-reactive ketones (excluding diaryl/α,β-unsaturated/α-hetero) is 1. The number of carbonyl (C=O) groups is 3. The van der Waals surface area contributed by atoms with E-state index in [1.165, 1.54) is 14.1 Å². The lowest BCUT2D eigenvalue weighted by Crippen LogP contribution is -2.58. The van der Waals surface area contributed by atoms with E-state index in [1.807, 2.05) is 0 Å². The number of hydrogen-bond acceptors (Lipinski definition) is 5. The quantitative estimate of drug-likeness (QED) is 0.787. The normalized spacial score (nSPS) is 20.2. The molecule has 0 N–H and O–H groups in total. The Balaban J connectivity index is 2.51. The zero-order chi connectivity index (χ0) is 16.3. The maximum Gasteiger partial charge on any atom is 0.331 e. The van der Waals surface area contributed by atoms with E-state index >= 15 is 0 Å². The van der Waals surface area contributed by atoms with Crippen molar-refractivity contribution in [3.8, 4) is 6.07 Å². The lowest BCUT2D eigenvalue weighted by molar-refractivity contribution is -0.136. The van der Waals surface area contributed by atoms with Crippen molar-refractivity contribution < 1.29 is 14.4 Å². The zero-order valence-corrected chi connectivity index (χ0v) is 12.2. The number of benzene rings is 1. The van der Waals surface area contributed by atoms with Crippen LogP contribution in [0.4, 0.5) is 10.5 Å². The first-order valence-electron chi connectivity index (χ1n) is 6.56. The van der Waals surface area contributed by atoms with Gasteiger partial charge in [0.2, 0.25) is 5.91 Å². The van der Waals surface area contributed by atoms with Crippen LogP contribution in [0.1, 0.15) is 6.42 Å². The monoisotopic (exact) mass is 298 g/mol. The largest absolute Gasteiger partial charge is 0.331 e. The number of amidine groups is 1. The number of amides is 3. The lowest BCUT2D eigenvalue weighted by atomic mass is 9.96. The van der Waals surface area contributed by atoms with Crippen molar-refractivity contribution in [2.75, 3.05) is 14.1 Å². The Morgan fingerprint density at radius 3 is 2.45 bits per heavy atom. The van der Waals surface area contributed by atoms with Crippen LogP contribution in [-0.2, 0) is 9.59 Å². The summed E-state index contributed by atoms with van der Waals surface area (Å²) in [5.41, 5.74) is 0.518. The number of imide groups is 1. The minimum atomic E-state index is -1.24. The van der Waals surface area contributed by atoms with Gasteiger partial charge in [0.15, 0.2) is 11.7 Å². The van der Waals surface area contributed by atoms with Gasteiger partial charge in [-0.1, -0.05) is 18.2 Å². The topological polar surface area (TPSA) is 93.8 Å². The third-order valence-electron chi connectivity index (χ3n) is 3.33. The van der Waals surface area contributed by atoms with Gasteiger partial charge in [-0.25, -0.2) is 9.79 Å². The van der Waals surface area contributed by atoms with E-state index < -0.39 is 30.1 Å². The van der Waals surface area contributed by atoms with E-state index in [4.69, 9.17) is 5.26 Å². The highest BCUT2D eigenvalue weighted by Crippen LogP contribution is 2.22. The number of rotatable bonds is 3. The molecule has 1 aliphatic heterocycles. The second-order valence-electron chi connectivity index (χ2n) is 4.78. The number of hydrogen-bond donors (Lipinski definition) is 0. The number of aliphatic imine (C=N–C) groups is 1. The number of nitriles is 1. The summed E-state index contributed by atoms with van der Waals surface area (Å²) in [6.45, 7) is 0. The van der Waals surface area contributed by atoms with Gasteiger partial charge in [-0.05, 0) is 12.1 Å². The van der Waals surface area contributed by atoms with Gasteiger partial charge in [0.25, 0.3) is 0 Å². The standard InChI is InChI=1S/C15H14N4O3/c1-18-13(17-10-6-4-3-5-7-10)12(11(20)8-9-16)14(21)19(2)15(18)22/h3-7,12H,8H2,1-2H3. The van der Waals surface area contributed by atoms with Crippen molar-refractivity contribution in [1.29, 1.82) is 5.26 Å². The summed E-state index contributed by atoms with van der Waals surface area (Å²) >= 11 is 0. The fraction of sp³-hybridized carbons (Fsp3) is 0.267. The SMILES string of the molecule is CN1C(=O)C(C(=O)CC#N)C(=Nc2ccccc2)N(C)C1=O. The molecule has 1 aromatic rings. The van der Waals surface area contributed by atoms with E-state index in [9.17, 15) is 14.4 Å². The van der Waals surface area contributed by atoms with Crippen LogP contribution in [0.25, 0.3) is 0 Å². The van der Waals surface area contributed by atoms with Gasteiger partial charge >= 0.3 is 6.03 Å². The van der Waals surface area contributed by atoms with Gasteiger partial charge < -0.3 is 0 Å². The fourth-order valence-electron chi connectivity index (χ4n) is 2.15. The molecule has 0 saturated carbocycles. The Bertz CT molecular complexity index is 690. The first-order chi connectivity index (χ1) is 10.5. The van der Waals surface area contributed by atoms with Crippen molar-refractivity contribution in [3.63, 3.8) is 0 Å². The summed E-state index contributed by atoms with van der Waals surface area (Å²) in [5, 5.41) is 8.70. The van der Waals surface area contributed by atoms with Crippen LogP contribution in [-0.4, -0.2) is 47.5 Å². The van der Waals surface area contributed by atoms with Gasteiger partial charge in [0.05, 0.1) is 18.2 Å². The highest BCUT2D eigenvalue weighted by Gasteiger charge is 2.44. The lowest BCUT2D eigenvalue weighted by Gasteiger charge is -2.34. The third-order valence-corrected chi connectivity index (χ3v) is 3.33. The summed E-state index contributed by atoms with van der Waals surface area (Å²) in [7, 11) is 2.74. The Kier molecular flexibility index (Phi) is 4.32. The number of para-hydroxylation sites is 1. The van der Waals surface area contributed by atoms with Crippen LogP contribution in [0, 0.1) is 17.2 Å². The molecule has 1 heterocycles. The predicted octanol–water partition coefficient (Wildman–Crippen LogP) is 1.34. The Morgan fingerprint density at radius 1 is 1.23 bits per heavy atom. The molecule has 0 bridgehead atoms. The van der Waals surface area contributed by atoms with Gasteiger partial charge in [-0.3, -0.25) is 19.4 Å². The van der Waals surface area contributed by atoms with Gasteiger partial charge in [0, 0.05) is 14.1 Å². The van der Waals surface area contributed by atoms with E-state index in [1.54, 1.807) is 36.4 Å². The van der Waals surface area contributed by atoms with Crippen molar-refractivity contribution in [1.82, 2.24) is 9.80 Å². The van der Waals surface area contributed by atoms with Crippen LogP contribution >= 0.6 is 0 Å². The van der Waals surface area contributed by atoms with Crippen LogP contribution in [0.5, 0.6) is 0 Å². The molecule has 2 rings (SSSR count). The minimum absolute atomic E-state index is 0.0413. The summed E-state index contributed by atoms with van der Waals surface area (Å²) in [5.74, 6) is -2.45. The maximum atomic E-state index is 12.3. The van der Waals surface area contributed by atoms with Crippen LogP contribution in [0.2, 0.25) is 0 Å². The van der Waals surface area contributed by atoms with E-state index in [0.29, 0.717) is 5.69 Å². The molecule has 1 aliphatic rings. The fourth-order valence-corrected chi connectivity index (χ4v) is 2.15. The molecule has 1 fully saturated rings. The average molecular weight is 298 g/mol. The second kappa shape index (κ2) is 6.18. The average Bonchev–Trinajstić information content (AvgIpc) is 2.52. The summed E-state index contributed by atoms with van der Waals surface area (Å²) in [6.07, 6.45) is -0.417. The molecule has 1 atom stereocenters.